The molecule has 2 N–H and O–H groups in total. The van der Waals surface area contributed by atoms with Crippen LogP contribution in [0.4, 0.5) is 10.1 Å². The molecule has 1 heterocycles. The number of likely N-dealkylation sites (N-methyl/N-ethyl adjacent to an activating group) is 1. The number of nitrogens with one attached hydrogen (secondary N) is 2. The highest BCUT2D eigenvalue weighted by Crippen LogP contribution is 2.16. The van der Waals surface area contributed by atoms with Crippen LogP contribution in [0.1, 0.15) is 19.3 Å². The molecule has 1 fully saturated rings. The molecule has 5 heteroatoms. The van der Waals surface area contributed by atoms with E-state index < -0.39 is 0 Å². The van der Waals surface area contributed by atoms with E-state index in [1.165, 1.54) is 18.6 Å². The number of benzene rings is 1. The summed E-state index contributed by atoms with van der Waals surface area (Å²) in [4.78, 5) is 14.2. The molecular weight excluding hydrogens is 257 g/mol. The lowest BCUT2D eigenvalue weighted by atomic mass is 10.0. The average Bonchev–Trinajstić information content (AvgIpc) is 2.41. The summed E-state index contributed by atoms with van der Waals surface area (Å²) < 4.78 is 13.1. The zero-order valence-corrected chi connectivity index (χ0v) is 11.9. The van der Waals surface area contributed by atoms with E-state index in [1.54, 1.807) is 12.1 Å². The molecule has 0 aromatic heterocycles. The molecular formula is C15H22FN3O. The molecule has 0 aliphatic carbocycles. The first-order valence-electron chi connectivity index (χ1n) is 7.13. The number of likely N-dealkylation sites (tertiary alicyclic amines) is 1. The maximum absolute atomic E-state index is 13.1. The Hall–Kier alpha value is -1.46. The lowest BCUT2D eigenvalue weighted by Gasteiger charge is -2.35. The fourth-order valence-corrected chi connectivity index (χ4v) is 2.69. The van der Waals surface area contributed by atoms with Crippen molar-refractivity contribution in [3.63, 3.8) is 0 Å². The lowest BCUT2D eigenvalue weighted by Crippen LogP contribution is -2.47. The van der Waals surface area contributed by atoms with Gasteiger partial charge in [-0.1, -0.05) is 12.5 Å². The van der Waals surface area contributed by atoms with Gasteiger partial charge in [0.1, 0.15) is 5.82 Å². The van der Waals surface area contributed by atoms with Crippen LogP contribution < -0.4 is 10.6 Å². The highest BCUT2D eigenvalue weighted by Gasteiger charge is 2.23. The van der Waals surface area contributed by atoms with Gasteiger partial charge >= 0.3 is 0 Å². The molecule has 0 spiro atoms. The summed E-state index contributed by atoms with van der Waals surface area (Å²) in [5.41, 5.74) is 0.511. The van der Waals surface area contributed by atoms with E-state index in [2.05, 4.69) is 15.5 Å². The monoisotopic (exact) mass is 279 g/mol. The van der Waals surface area contributed by atoms with Gasteiger partial charge in [-0.2, -0.15) is 0 Å². The van der Waals surface area contributed by atoms with Crippen molar-refractivity contribution >= 4 is 11.6 Å². The van der Waals surface area contributed by atoms with Gasteiger partial charge in [0.15, 0.2) is 0 Å². The van der Waals surface area contributed by atoms with E-state index in [9.17, 15) is 9.18 Å². The number of piperidine rings is 1. The van der Waals surface area contributed by atoms with Crippen molar-refractivity contribution in [2.75, 3.05) is 32.0 Å². The van der Waals surface area contributed by atoms with Crippen LogP contribution in [0.25, 0.3) is 0 Å². The number of rotatable bonds is 5. The maximum atomic E-state index is 13.1. The minimum absolute atomic E-state index is 0.0846. The number of amides is 1. The molecule has 0 radical (unpaired) electrons. The van der Waals surface area contributed by atoms with Gasteiger partial charge in [-0.05, 0) is 44.6 Å². The second kappa shape index (κ2) is 7.36. The topological polar surface area (TPSA) is 44.4 Å². The zero-order chi connectivity index (χ0) is 14.4. The molecule has 1 unspecified atom stereocenters. The molecule has 2 rings (SSSR count). The summed E-state index contributed by atoms with van der Waals surface area (Å²) in [6.45, 7) is 2.21. The Labute approximate surface area is 119 Å². The van der Waals surface area contributed by atoms with E-state index in [4.69, 9.17) is 0 Å². The quantitative estimate of drug-likeness (QED) is 0.864. The highest BCUT2D eigenvalue weighted by molar-refractivity contribution is 5.92. The molecule has 1 aromatic carbocycles. The summed E-state index contributed by atoms with van der Waals surface area (Å²) in [5.74, 6) is -0.424. The number of nitrogens with zero attached hydrogens (tertiary/aromatic N) is 1. The fourth-order valence-electron chi connectivity index (χ4n) is 2.69. The summed E-state index contributed by atoms with van der Waals surface area (Å²) >= 11 is 0. The van der Waals surface area contributed by atoms with Crippen LogP contribution >= 0.6 is 0 Å². The largest absolute Gasteiger partial charge is 0.325 e. The molecule has 1 saturated heterocycles. The van der Waals surface area contributed by atoms with Crippen LogP contribution in [0, 0.1) is 5.82 Å². The molecule has 4 nitrogen and oxygen atoms in total. The summed E-state index contributed by atoms with van der Waals surface area (Å²) in [6.07, 6.45) is 3.47. The van der Waals surface area contributed by atoms with Crippen LogP contribution in [-0.2, 0) is 4.79 Å². The van der Waals surface area contributed by atoms with Crippen LogP contribution in [0.2, 0.25) is 0 Å². The first kappa shape index (κ1) is 14.9. The predicted molar refractivity (Wildman–Crippen MR) is 78.2 cm³/mol. The van der Waals surface area contributed by atoms with E-state index in [0.29, 0.717) is 18.3 Å². The Morgan fingerprint density at radius 2 is 2.30 bits per heavy atom. The number of hydrogen-bond donors (Lipinski definition) is 2. The molecule has 110 valence electrons. The van der Waals surface area contributed by atoms with Gasteiger partial charge in [0.2, 0.25) is 5.91 Å². The standard InChI is InChI=1S/C15H22FN3O/c1-17-10-14-7-2-3-8-19(14)11-15(20)18-13-6-4-5-12(16)9-13/h4-6,9,14,17H,2-3,7-8,10-11H2,1H3,(H,18,20). The molecule has 1 aliphatic heterocycles. The van der Waals surface area contributed by atoms with Crippen molar-refractivity contribution in [1.82, 2.24) is 10.2 Å². The molecule has 1 aliphatic rings. The third-order valence-corrected chi connectivity index (χ3v) is 3.64. The molecule has 1 amide bonds. The number of carbonyl (C=O) groups is 1. The SMILES string of the molecule is CNCC1CCCCN1CC(=O)Nc1cccc(F)c1. The Morgan fingerprint density at radius 1 is 1.45 bits per heavy atom. The Balaban J connectivity index is 1.89. The Bertz CT molecular complexity index is 450. The van der Waals surface area contributed by atoms with Gasteiger partial charge in [0.25, 0.3) is 0 Å². The Morgan fingerprint density at radius 3 is 3.05 bits per heavy atom. The summed E-state index contributed by atoms with van der Waals surface area (Å²) in [7, 11) is 1.93. The van der Waals surface area contributed by atoms with Gasteiger partial charge in [0.05, 0.1) is 6.54 Å². The van der Waals surface area contributed by atoms with Crippen LogP contribution in [0.15, 0.2) is 24.3 Å². The second-order valence-electron chi connectivity index (χ2n) is 5.24. The van der Waals surface area contributed by atoms with Gasteiger partial charge < -0.3 is 10.6 Å². The molecule has 1 atom stereocenters. The molecule has 1 aromatic rings. The average molecular weight is 279 g/mol. The van der Waals surface area contributed by atoms with E-state index in [0.717, 1.165) is 25.9 Å². The van der Waals surface area contributed by atoms with E-state index in [1.807, 2.05) is 7.05 Å². The van der Waals surface area contributed by atoms with Crippen LogP contribution in [0.3, 0.4) is 0 Å². The Kier molecular flexibility index (Phi) is 5.49. The van der Waals surface area contributed by atoms with Crippen molar-refractivity contribution in [1.29, 1.82) is 0 Å². The van der Waals surface area contributed by atoms with Crippen molar-refractivity contribution in [2.24, 2.45) is 0 Å². The van der Waals surface area contributed by atoms with Crippen molar-refractivity contribution in [3.05, 3.63) is 30.1 Å². The van der Waals surface area contributed by atoms with Gasteiger partial charge in [-0.3, -0.25) is 9.69 Å². The predicted octanol–water partition coefficient (Wildman–Crippen LogP) is 1.84. The minimum Gasteiger partial charge on any atom is -0.325 e. The van der Waals surface area contributed by atoms with Gasteiger partial charge in [0, 0.05) is 18.3 Å². The zero-order valence-electron chi connectivity index (χ0n) is 11.9. The molecule has 0 saturated carbocycles. The smallest absolute Gasteiger partial charge is 0.238 e. The van der Waals surface area contributed by atoms with Crippen LogP contribution in [0.5, 0.6) is 0 Å². The first-order valence-corrected chi connectivity index (χ1v) is 7.13. The maximum Gasteiger partial charge on any atom is 0.238 e. The van der Waals surface area contributed by atoms with Crippen molar-refractivity contribution in [3.8, 4) is 0 Å². The first-order chi connectivity index (χ1) is 9.69. The van der Waals surface area contributed by atoms with Crippen molar-refractivity contribution < 1.29 is 9.18 Å². The van der Waals surface area contributed by atoms with Crippen LogP contribution in [-0.4, -0.2) is 43.5 Å². The number of anilines is 1. The number of hydrogen-bond acceptors (Lipinski definition) is 3. The number of halogens is 1. The van der Waals surface area contributed by atoms with E-state index in [-0.39, 0.29) is 11.7 Å². The van der Waals surface area contributed by atoms with Gasteiger partial charge in [-0.15, -0.1) is 0 Å². The third-order valence-electron chi connectivity index (χ3n) is 3.64. The molecule has 20 heavy (non-hydrogen) atoms. The van der Waals surface area contributed by atoms with E-state index >= 15 is 0 Å². The third kappa shape index (κ3) is 4.28. The fraction of sp³-hybridized carbons (Fsp3) is 0.533. The lowest BCUT2D eigenvalue weighted by molar-refractivity contribution is -0.118. The minimum atomic E-state index is -0.339. The number of carbonyl (C=O) groups excluding carboxylic acids is 1. The highest BCUT2D eigenvalue weighted by atomic mass is 19.1. The molecule has 0 bridgehead atoms. The normalized spacial score (nSPS) is 19.8. The van der Waals surface area contributed by atoms with Crippen molar-refractivity contribution in [2.45, 2.75) is 25.3 Å². The summed E-state index contributed by atoms with van der Waals surface area (Å²) in [5, 5.41) is 5.93. The van der Waals surface area contributed by atoms with Gasteiger partial charge in [-0.25, -0.2) is 4.39 Å². The summed E-state index contributed by atoms with van der Waals surface area (Å²) in [6, 6.07) is 6.40. The second-order valence-corrected chi connectivity index (χ2v) is 5.24.